The predicted molar refractivity (Wildman–Crippen MR) is 167 cm³/mol. The van der Waals surface area contributed by atoms with E-state index in [4.69, 9.17) is 23.8 Å². The Kier molecular flexibility index (Phi) is 8.70. The van der Waals surface area contributed by atoms with Crippen molar-refractivity contribution in [1.82, 2.24) is 14.5 Å². The number of hydrogen-bond acceptors (Lipinski definition) is 7. The number of aromatic nitrogens is 2. The fraction of sp³-hybridized carbons (Fsp3) is 0.138. The summed E-state index contributed by atoms with van der Waals surface area (Å²) in [5.74, 6) is -0.609. The Labute approximate surface area is 250 Å². The highest BCUT2D eigenvalue weighted by atomic mass is 35.5. The molecule has 1 aliphatic rings. The van der Waals surface area contributed by atoms with Crippen LogP contribution in [0.5, 0.6) is 0 Å². The molecule has 0 unspecified atom stereocenters. The molecule has 1 aliphatic heterocycles. The lowest BCUT2D eigenvalue weighted by Gasteiger charge is -2.15. The Bertz CT molecular complexity index is 1670. The number of rotatable bonds is 8. The first kappa shape index (κ1) is 28.1. The van der Waals surface area contributed by atoms with Gasteiger partial charge >= 0.3 is 0 Å². The van der Waals surface area contributed by atoms with Crippen molar-refractivity contribution in [2.24, 2.45) is 0 Å². The Morgan fingerprint density at radius 3 is 2.65 bits per heavy atom. The number of amides is 2. The molecule has 7 nitrogen and oxygen atoms in total. The summed E-state index contributed by atoms with van der Waals surface area (Å²) in [6, 6.07) is 22.0. The number of halogens is 1. The molecular weight excluding hydrogens is 584 g/mol. The van der Waals surface area contributed by atoms with Gasteiger partial charge in [-0.15, -0.1) is 0 Å². The number of carbonyl (C=O) groups excluding carboxylic acids is 3. The SMILES string of the molecule is Cc1cccc(NC(=O)CSc2nc3ccccc3n2C(=O)CCN2C(=O)/C(=C\c3ccc(Cl)cc3)SC2=S)c1. The van der Waals surface area contributed by atoms with Gasteiger partial charge in [-0.25, -0.2) is 4.98 Å². The summed E-state index contributed by atoms with van der Waals surface area (Å²) >= 11 is 13.8. The Morgan fingerprint density at radius 1 is 1.10 bits per heavy atom. The number of nitrogens with zero attached hydrogens (tertiary/aromatic N) is 3. The fourth-order valence-corrected chi connectivity index (χ4v) is 6.37. The lowest BCUT2D eigenvalue weighted by atomic mass is 10.2. The number of para-hydroxylation sites is 2. The molecule has 0 bridgehead atoms. The number of benzene rings is 3. The largest absolute Gasteiger partial charge is 0.325 e. The number of thioether (sulfide) groups is 2. The van der Waals surface area contributed by atoms with E-state index in [-0.39, 0.29) is 36.4 Å². The normalized spacial score (nSPS) is 14.3. The van der Waals surface area contributed by atoms with Crippen LogP contribution in [0.15, 0.2) is 82.9 Å². The van der Waals surface area contributed by atoms with Crippen LogP contribution in [0.4, 0.5) is 5.69 Å². The Morgan fingerprint density at radius 2 is 1.88 bits per heavy atom. The van der Waals surface area contributed by atoms with E-state index in [2.05, 4.69) is 10.3 Å². The zero-order chi connectivity index (χ0) is 28.2. The molecule has 40 heavy (non-hydrogen) atoms. The molecule has 0 radical (unpaired) electrons. The second-order valence-corrected chi connectivity index (χ2v) is 12.0. The topological polar surface area (TPSA) is 84.3 Å². The fourth-order valence-electron chi connectivity index (χ4n) is 4.11. The van der Waals surface area contributed by atoms with Crippen molar-refractivity contribution in [3.63, 3.8) is 0 Å². The van der Waals surface area contributed by atoms with Gasteiger partial charge < -0.3 is 5.32 Å². The number of hydrogen-bond donors (Lipinski definition) is 1. The van der Waals surface area contributed by atoms with Gasteiger partial charge in [-0.1, -0.05) is 83.7 Å². The second kappa shape index (κ2) is 12.4. The molecule has 0 atom stereocenters. The van der Waals surface area contributed by atoms with Crippen LogP contribution in [0.1, 0.15) is 22.3 Å². The number of nitrogens with one attached hydrogen (secondary N) is 1. The lowest BCUT2D eigenvalue weighted by Crippen LogP contribution is -2.31. The Balaban J connectivity index is 1.28. The van der Waals surface area contributed by atoms with E-state index in [0.29, 0.717) is 36.1 Å². The molecular formula is C29H23ClN4O3S3. The van der Waals surface area contributed by atoms with Gasteiger partial charge in [0.2, 0.25) is 11.8 Å². The summed E-state index contributed by atoms with van der Waals surface area (Å²) in [6.45, 7) is 2.09. The number of anilines is 1. The maximum absolute atomic E-state index is 13.5. The average Bonchev–Trinajstić information content (AvgIpc) is 3.43. The molecule has 1 saturated heterocycles. The summed E-state index contributed by atoms with van der Waals surface area (Å²) in [5, 5.41) is 3.90. The number of carbonyl (C=O) groups is 3. The van der Waals surface area contributed by atoms with Crippen LogP contribution < -0.4 is 5.32 Å². The quantitative estimate of drug-likeness (QED) is 0.136. The van der Waals surface area contributed by atoms with Gasteiger partial charge in [-0.2, -0.15) is 0 Å². The van der Waals surface area contributed by atoms with Crippen LogP contribution in [0.25, 0.3) is 17.1 Å². The zero-order valence-electron chi connectivity index (χ0n) is 21.3. The molecule has 2 amide bonds. The van der Waals surface area contributed by atoms with Gasteiger partial charge in [0, 0.05) is 23.7 Å². The van der Waals surface area contributed by atoms with Crippen molar-refractivity contribution in [2.45, 2.75) is 18.5 Å². The molecule has 2 heterocycles. The van der Waals surface area contributed by atoms with E-state index in [0.717, 1.165) is 11.1 Å². The maximum Gasteiger partial charge on any atom is 0.266 e. The van der Waals surface area contributed by atoms with Crippen molar-refractivity contribution in [3.8, 4) is 0 Å². The molecule has 1 fully saturated rings. The van der Waals surface area contributed by atoms with Crippen LogP contribution in [-0.2, 0) is 9.59 Å². The minimum atomic E-state index is -0.244. The molecule has 202 valence electrons. The summed E-state index contributed by atoms with van der Waals surface area (Å²) in [5.41, 5.74) is 3.87. The standard InChI is InChI=1S/C29H23ClN4O3S3/c1-18-5-4-6-21(15-18)31-25(35)17-39-28-32-22-7-2-3-8-23(22)34(28)26(36)13-14-33-27(37)24(40-29(33)38)16-19-9-11-20(30)12-10-19/h2-12,15-16H,13-14,17H2,1H3,(H,31,35)/b24-16+. The molecule has 4 aromatic rings. The molecule has 0 saturated carbocycles. The monoisotopic (exact) mass is 606 g/mol. The zero-order valence-corrected chi connectivity index (χ0v) is 24.5. The third kappa shape index (κ3) is 6.47. The highest BCUT2D eigenvalue weighted by Gasteiger charge is 2.32. The van der Waals surface area contributed by atoms with E-state index < -0.39 is 0 Å². The third-order valence-electron chi connectivity index (χ3n) is 6.00. The van der Waals surface area contributed by atoms with Crippen molar-refractivity contribution in [2.75, 3.05) is 17.6 Å². The van der Waals surface area contributed by atoms with E-state index >= 15 is 0 Å². The smallest absolute Gasteiger partial charge is 0.266 e. The van der Waals surface area contributed by atoms with Crippen LogP contribution >= 0.6 is 47.3 Å². The molecule has 0 spiro atoms. The molecule has 1 aromatic heterocycles. The lowest BCUT2D eigenvalue weighted by molar-refractivity contribution is -0.122. The highest BCUT2D eigenvalue weighted by molar-refractivity contribution is 8.26. The van der Waals surface area contributed by atoms with Gasteiger partial charge in [0.15, 0.2) is 5.16 Å². The van der Waals surface area contributed by atoms with Crippen molar-refractivity contribution >= 4 is 92.2 Å². The van der Waals surface area contributed by atoms with E-state index in [9.17, 15) is 14.4 Å². The van der Waals surface area contributed by atoms with E-state index in [1.165, 1.54) is 33.0 Å². The predicted octanol–water partition coefficient (Wildman–Crippen LogP) is 6.66. The van der Waals surface area contributed by atoms with E-state index in [1.807, 2.05) is 67.6 Å². The summed E-state index contributed by atoms with van der Waals surface area (Å²) < 4.78 is 1.91. The van der Waals surface area contributed by atoms with Gasteiger partial charge in [0.25, 0.3) is 5.91 Å². The summed E-state index contributed by atoms with van der Waals surface area (Å²) in [7, 11) is 0. The Hall–Kier alpha value is -3.44. The van der Waals surface area contributed by atoms with Crippen LogP contribution in [0.2, 0.25) is 5.02 Å². The molecule has 3 aromatic carbocycles. The molecule has 11 heteroatoms. The van der Waals surface area contributed by atoms with Crippen LogP contribution in [0.3, 0.4) is 0 Å². The minimum absolute atomic E-state index is 0.0318. The first-order valence-corrected chi connectivity index (χ1v) is 14.9. The van der Waals surface area contributed by atoms with Crippen LogP contribution in [-0.4, -0.2) is 48.8 Å². The second-order valence-electron chi connectivity index (χ2n) is 8.95. The van der Waals surface area contributed by atoms with Gasteiger partial charge in [-0.3, -0.25) is 23.9 Å². The first-order valence-electron chi connectivity index (χ1n) is 12.3. The third-order valence-corrected chi connectivity index (χ3v) is 8.57. The number of fused-ring (bicyclic) bond motifs is 1. The molecule has 1 N–H and O–H groups in total. The van der Waals surface area contributed by atoms with E-state index in [1.54, 1.807) is 18.2 Å². The number of thiocarbonyl (C=S) groups is 1. The molecule has 0 aliphatic carbocycles. The van der Waals surface area contributed by atoms with Gasteiger partial charge in [0.05, 0.1) is 21.7 Å². The van der Waals surface area contributed by atoms with Gasteiger partial charge in [-0.05, 0) is 60.5 Å². The number of aryl methyl sites for hydroxylation is 1. The van der Waals surface area contributed by atoms with Crippen LogP contribution in [0, 0.1) is 6.92 Å². The first-order chi connectivity index (χ1) is 19.3. The molecule has 5 rings (SSSR count). The summed E-state index contributed by atoms with van der Waals surface area (Å²) in [4.78, 5) is 45.7. The highest BCUT2D eigenvalue weighted by Crippen LogP contribution is 2.33. The van der Waals surface area contributed by atoms with Crippen molar-refractivity contribution in [3.05, 3.63) is 93.9 Å². The van der Waals surface area contributed by atoms with Crippen molar-refractivity contribution in [1.29, 1.82) is 0 Å². The average molecular weight is 607 g/mol. The number of imidazole rings is 1. The maximum atomic E-state index is 13.5. The van der Waals surface area contributed by atoms with Crippen molar-refractivity contribution < 1.29 is 14.4 Å². The minimum Gasteiger partial charge on any atom is -0.325 e. The van der Waals surface area contributed by atoms with Gasteiger partial charge in [0.1, 0.15) is 4.32 Å². The summed E-state index contributed by atoms with van der Waals surface area (Å²) in [6.07, 6.45) is 1.79.